The Morgan fingerprint density at radius 3 is 1.19 bits per heavy atom. The fraction of sp³-hybridized carbons (Fsp3) is 0.333. The molecule has 2 heterocycles. The molecular formula is C45H56N8O6S4. The highest BCUT2D eigenvalue weighted by Crippen LogP contribution is 2.25. The molecule has 18 heteroatoms. The first-order valence-electron chi connectivity index (χ1n) is 20.7. The molecule has 0 saturated heterocycles. The maximum absolute atomic E-state index is 10.2. The number of aryl methyl sites for hydroxylation is 2. The van der Waals surface area contributed by atoms with Crippen LogP contribution in [0, 0.1) is 0 Å². The van der Waals surface area contributed by atoms with Gasteiger partial charge in [0, 0.05) is 48.3 Å². The quantitative estimate of drug-likeness (QED) is 0.0314. The van der Waals surface area contributed by atoms with E-state index >= 15 is 0 Å². The van der Waals surface area contributed by atoms with Crippen LogP contribution in [0.15, 0.2) is 153 Å². The highest BCUT2D eigenvalue weighted by atomic mass is 32.2. The van der Waals surface area contributed by atoms with Gasteiger partial charge in [0.15, 0.2) is 0 Å². The monoisotopic (exact) mass is 932 g/mol. The molecule has 0 aliphatic carbocycles. The molecule has 2 aromatic heterocycles. The summed E-state index contributed by atoms with van der Waals surface area (Å²) in [5, 5.41) is 23.6. The summed E-state index contributed by atoms with van der Waals surface area (Å²) in [6, 6.07) is 33.6. The summed E-state index contributed by atoms with van der Waals surface area (Å²) in [6.07, 6.45) is 7.62. The molecule has 0 saturated carbocycles. The molecule has 0 radical (unpaired) electrons. The molecule has 4 aromatic carbocycles. The van der Waals surface area contributed by atoms with Gasteiger partial charge in [0.25, 0.3) is 0 Å². The van der Waals surface area contributed by atoms with Gasteiger partial charge >= 0.3 is 10.3 Å². The molecule has 336 valence electrons. The normalized spacial score (nSPS) is 11.5. The Bertz CT molecular complexity index is 2320. The zero-order valence-corrected chi connectivity index (χ0v) is 39.4. The Morgan fingerprint density at radius 2 is 0.873 bits per heavy atom. The number of anilines is 2. The fourth-order valence-corrected chi connectivity index (χ4v) is 8.86. The van der Waals surface area contributed by atoms with Crippen molar-refractivity contribution in [3.63, 3.8) is 0 Å². The number of rotatable bonds is 20. The van der Waals surface area contributed by atoms with Crippen LogP contribution in [-0.4, -0.2) is 52.1 Å². The van der Waals surface area contributed by atoms with Gasteiger partial charge in [-0.2, -0.15) is 0 Å². The SMILES string of the molecule is CCN(CCCCCN(CC)c1ccc(N=Nc2scc[n+]2CC)cc1)c1ccc(N=Nc2scc[n+]2CC)cc1.O=S(=O)([O-])Cc1ccccc1.O=S(=O)([O-])Cc1ccccc1. The predicted molar refractivity (Wildman–Crippen MR) is 251 cm³/mol. The summed E-state index contributed by atoms with van der Waals surface area (Å²) >= 11 is 3.21. The van der Waals surface area contributed by atoms with Gasteiger partial charge in [-0.25, -0.2) is 26.0 Å². The lowest BCUT2D eigenvalue weighted by molar-refractivity contribution is -0.677. The number of thiazole rings is 2. The molecular weight excluding hydrogens is 877 g/mol. The van der Waals surface area contributed by atoms with Crippen molar-refractivity contribution in [2.45, 2.75) is 71.6 Å². The summed E-state index contributed by atoms with van der Waals surface area (Å²) in [5.74, 6) is -0.846. The lowest BCUT2D eigenvalue weighted by Gasteiger charge is -2.25. The Hall–Kier alpha value is -5.24. The summed E-state index contributed by atoms with van der Waals surface area (Å²) < 4.78 is 65.7. The minimum atomic E-state index is -4.13. The summed E-state index contributed by atoms with van der Waals surface area (Å²) in [4.78, 5) is 4.88. The van der Waals surface area contributed by atoms with Crippen LogP contribution in [0.5, 0.6) is 0 Å². The predicted octanol–water partition coefficient (Wildman–Crippen LogP) is 10.2. The van der Waals surface area contributed by atoms with Crippen LogP contribution in [0.25, 0.3) is 0 Å². The van der Waals surface area contributed by atoms with Crippen molar-refractivity contribution in [2.24, 2.45) is 20.5 Å². The van der Waals surface area contributed by atoms with Crippen LogP contribution < -0.4 is 18.9 Å². The van der Waals surface area contributed by atoms with E-state index in [9.17, 15) is 25.9 Å². The Kier molecular flexibility index (Phi) is 21.1. The van der Waals surface area contributed by atoms with Crippen LogP contribution >= 0.6 is 22.7 Å². The van der Waals surface area contributed by atoms with Gasteiger partial charge in [0.2, 0.25) is 0 Å². The molecule has 14 nitrogen and oxygen atoms in total. The average molecular weight is 933 g/mol. The number of unbranched alkanes of at least 4 members (excludes halogenated alkanes) is 2. The van der Waals surface area contributed by atoms with Crippen molar-refractivity contribution in [1.29, 1.82) is 0 Å². The number of hydrogen-bond donors (Lipinski definition) is 0. The van der Waals surface area contributed by atoms with E-state index in [4.69, 9.17) is 0 Å². The van der Waals surface area contributed by atoms with Crippen LogP contribution in [-0.2, 0) is 44.8 Å². The maximum Gasteiger partial charge on any atom is 0.408 e. The van der Waals surface area contributed by atoms with Gasteiger partial charge in [-0.05, 0) is 140 Å². The topological polar surface area (TPSA) is 178 Å². The summed E-state index contributed by atoms with van der Waals surface area (Å²) in [5.41, 5.74) is 5.29. The van der Waals surface area contributed by atoms with Crippen molar-refractivity contribution < 1.29 is 35.1 Å². The van der Waals surface area contributed by atoms with Crippen LogP contribution in [0.3, 0.4) is 0 Å². The zero-order chi connectivity index (χ0) is 45.5. The smallest absolute Gasteiger partial charge is 0.408 e. The number of azo groups is 2. The zero-order valence-electron chi connectivity index (χ0n) is 36.1. The number of hydrogen-bond acceptors (Lipinski definition) is 14. The molecule has 63 heavy (non-hydrogen) atoms. The molecule has 0 unspecified atom stereocenters. The molecule has 6 aromatic rings. The van der Waals surface area contributed by atoms with Crippen LogP contribution in [0.2, 0.25) is 0 Å². The van der Waals surface area contributed by atoms with E-state index in [0.29, 0.717) is 11.1 Å². The summed E-state index contributed by atoms with van der Waals surface area (Å²) in [6.45, 7) is 14.5. The number of benzene rings is 4. The Balaban J connectivity index is 0.000000320. The second-order valence-electron chi connectivity index (χ2n) is 14.0. The van der Waals surface area contributed by atoms with E-state index in [-0.39, 0.29) is 0 Å². The van der Waals surface area contributed by atoms with Gasteiger partial charge in [0.1, 0.15) is 23.8 Å². The van der Waals surface area contributed by atoms with Gasteiger partial charge in [-0.15, -0.1) is 0 Å². The van der Waals surface area contributed by atoms with Crippen LogP contribution in [0.4, 0.5) is 33.0 Å². The van der Waals surface area contributed by atoms with Crippen molar-refractivity contribution in [3.8, 4) is 0 Å². The van der Waals surface area contributed by atoms with E-state index in [1.165, 1.54) is 30.6 Å². The van der Waals surface area contributed by atoms with Crippen molar-refractivity contribution in [3.05, 3.63) is 143 Å². The fourth-order valence-electron chi connectivity index (χ4n) is 6.18. The first-order valence-corrected chi connectivity index (χ1v) is 25.6. The molecule has 0 N–H and O–H groups in total. The second kappa shape index (κ2) is 26.4. The van der Waals surface area contributed by atoms with E-state index < -0.39 is 31.7 Å². The van der Waals surface area contributed by atoms with E-state index in [1.807, 2.05) is 23.2 Å². The van der Waals surface area contributed by atoms with Gasteiger partial charge in [-0.3, -0.25) is 0 Å². The molecule has 6 rings (SSSR count). The lowest BCUT2D eigenvalue weighted by Crippen LogP contribution is -2.28. The average Bonchev–Trinajstić information content (AvgIpc) is 3.94. The maximum atomic E-state index is 10.2. The Labute approximate surface area is 380 Å². The second-order valence-corrected chi connectivity index (χ2v) is 18.5. The first kappa shape index (κ1) is 50.4. The van der Waals surface area contributed by atoms with E-state index in [2.05, 4.69) is 116 Å². The molecule has 0 amide bonds. The molecule has 0 aliphatic heterocycles. The van der Waals surface area contributed by atoms with Gasteiger partial charge < -0.3 is 18.9 Å². The molecule has 0 atom stereocenters. The molecule has 0 fully saturated rings. The van der Waals surface area contributed by atoms with Crippen molar-refractivity contribution >= 4 is 75.9 Å². The third-order valence-corrected chi connectivity index (χ3v) is 12.4. The van der Waals surface area contributed by atoms with Crippen molar-refractivity contribution in [2.75, 3.05) is 36.0 Å². The minimum Gasteiger partial charge on any atom is -0.748 e. The molecule has 0 bridgehead atoms. The van der Waals surface area contributed by atoms with Crippen molar-refractivity contribution in [1.82, 2.24) is 0 Å². The lowest BCUT2D eigenvalue weighted by atomic mass is 10.2. The van der Waals surface area contributed by atoms with Gasteiger partial charge in [-0.1, -0.05) is 60.7 Å². The Morgan fingerprint density at radius 1 is 0.508 bits per heavy atom. The first-order chi connectivity index (χ1) is 30.3. The minimum absolute atomic E-state index is 0.423. The largest absolute Gasteiger partial charge is 0.748 e. The highest BCUT2D eigenvalue weighted by molar-refractivity contribution is 7.85. The van der Waals surface area contributed by atoms with E-state index in [1.54, 1.807) is 83.3 Å². The summed E-state index contributed by atoms with van der Waals surface area (Å²) in [7, 11) is -8.25. The number of aromatic nitrogens is 2. The van der Waals surface area contributed by atoms with Crippen LogP contribution in [0.1, 0.15) is 58.1 Å². The standard InChI is InChI=1S/C31H42N8S2.2C7H8O3S/c1-5-36(28-16-12-26(13-17-28)32-34-30-38(7-3)22-24-40-30)20-10-9-11-21-37(6-2)29-18-14-27(15-19-29)33-35-31-39(8-4)23-25-41-31;2*8-11(9,10)6-7-4-2-1-3-5-7/h12-19,22-25H,5-11,20-21H2,1-4H3;2*1-5H,6H2,(H,8,9,10)/q+2;;/p-2. The molecule has 0 aliphatic rings. The molecule has 0 spiro atoms. The third-order valence-electron chi connectivity index (χ3n) is 9.43. The number of nitrogens with zero attached hydrogens (tertiary/aromatic N) is 8. The third kappa shape index (κ3) is 19.0. The van der Waals surface area contributed by atoms with Gasteiger partial charge in [0.05, 0.1) is 55.1 Å². The van der Waals surface area contributed by atoms with E-state index in [0.717, 1.165) is 60.9 Å². The highest BCUT2D eigenvalue weighted by Gasteiger charge is 2.12.